The Bertz CT molecular complexity index is 528. The molecule has 0 aliphatic carbocycles. The maximum atomic E-state index is 13.4. The summed E-state index contributed by atoms with van der Waals surface area (Å²) in [5, 5.41) is 8.86. The predicted molar refractivity (Wildman–Crippen MR) is 64.5 cm³/mol. The first-order valence-corrected chi connectivity index (χ1v) is 6.02. The molecule has 1 aromatic rings. The number of ether oxygens (including phenoxy) is 1. The second-order valence-electron chi connectivity index (χ2n) is 3.71. The molecule has 2 N–H and O–H groups in total. The van der Waals surface area contributed by atoms with Gasteiger partial charge in [0.05, 0.1) is 10.2 Å². The van der Waals surface area contributed by atoms with Gasteiger partial charge < -0.3 is 9.84 Å². The number of hydrogen-bond acceptors (Lipinski definition) is 4. The van der Waals surface area contributed by atoms with Crippen molar-refractivity contribution in [2.45, 2.75) is 24.9 Å². The van der Waals surface area contributed by atoms with Gasteiger partial charge in [-0.25, -0.2) is 9.18 Å². The van der Waals surface area contributed by atoms with Crippen LogP contribution in [0.1, 0.15) is 12.6 Å². The highest BCUT2D eigenvalue weighted by Gasteiger charge is 2.36. The molecule has 94 valence electrons. The number of alkyl halides is 1. The number of nitrogens with zero attached hydrogens (tertiary/aromatic N) is 1. The molecule has 0 spiro atoms. The van der Waals surface area contributed by atoms with Crippen LogP contribution in [0.3, 0.4) is 0 Å². The van der Waals surface area contributed by atoms with Crippen LogP contribution in [0.4, 0.5) is 4.39 Å². The number of aromatic nitrogens is 2. The second-order valence-corrected chi connectivity index (χ2v) is 4.87. The first-order chi connectivity index (χ1) is 8.02. The fourth-order valence-corrected chi connectivity index (χ4v) is 2.13. The summed E-state index contributed by atoms with van der Waals surface area (Å²) in [6, 6.07) is 0. The average Bonchev–Trinajstić information content (AvgIpc) is 2.65. The van der Waals surface area contributed by atoms with Crippen molar-refractivity contribution in [3.05, 3.63) is 30.6 Å². The molecule has 0 saturated carbocycles. The lowest BCUT2D eigenvalue weighted by Crippen LogP contribution is -2.33. The van der Waals surface area contributed by atoms with Crippen LogP contribution < -0.4 is 11.2 Å². The van der Waals surface area contributed by atoms with Crippen molar-refractivity contribution in [3.63, 3.8) is 0 Å². The molecular formula is C9H10FIN2O4. The molecule has 1 aliphatic rings. The molecular weight excluding hydrogens is 346 g/mol. The zero-order chi connectivity index (χ0) is 12.6. The van der Waals surface area contributed by atoms with Crippen molar-refractivity contribution < 1.29 is 14.2 Å². The minimum absolute atomic E-state index is 0.0206. The molecule has 1 aliphatic heterocycles. The van der Waals surface area contributed by atoms with Gasteiger partial charge in [0, 0.05) is 12.6 Å². The van der Waals surface area contributed by atoms with Gasteiger partial charge in [0.25, 0.3) is 5.56 Å². The Morgan fingerprint density at radius 3 is 2.94 bits per heavy atom. The summed E-state index contributed by atoms with van der Waals surface area (Å²) in [4.78, 5) is 24.8. The molecule has 1 fully saturated rings. The monoisotopic (exact) mass is 356 g/mol. The van der Waals surface area contributed by atoms with Crippen molar-refractivity contribution in [2.75, 3.05) is 6.61 Å². The quantitative estimate of drug-likeness (QED) is 0.717. The normalized spacial score (nSPS) is 28.5. The lowest BCUT2D eigenvalue weighted by molar-refractivity contribution is -0.0357. The molecule has 0 radical (unpaired) electrons. The number of nitrogens with one attached hydrogen (secondary N) is 1. The third-order valence-electron chi connectivity index (χ3n) is 2.58. The number of aliphatic hydroxyl groups is 1. The Morgan fingerprint density at radius 2 is 2.35 bits per heavy atom. The predicted octanol–water partition coefficient (Wildman–Crippen LogP) is -0.241. The maximum Gasteiger partial charge on any atom is 0.330 e. The smallest absolute Gasteiger partial charge is 0.330 e. The molecule has 1 unspecified atom stereocenters. The molecule has 1 saturated heterocycles. The Labute approximate surface area is 109 Å². The molecule has 2 rings (SSSR count). The lowest BCUT2D eigenvalue weighted by Gasteiger charge is -2.14. The zero-order valence-corrected chi connectivity index (χ0v) is 10.8. The highest BCUT2D eigenvalue weighted by atomic mass is 127. The number of halogens is 2. The maximum absolute atomic E-state index is 13.4. The van der Waals surface area contributed by atoms with E-state index in [4.69, 9.17) is 9.84 Å². The summed E-state index contributed by atoms with van der Waals surface area (Å²) in [6.45, 7) is -0.438. The summed E-state index contributed by atoms with van der Waals surface area (Å²) in [5.74, 6) is 0. The standard InChI is InChI=1S/C9H10FIN2O4/c10-4-1-7(17-6(4)3-14)13-2-5(11)8(15)12-9(13)16/h2,4,6-7,14H,1,3H2,(H,12,15,16)/t4?,6-,7-/m1/s1. The largest absolute Gasteiger partial charge is 0.394 e. The summed E-state index contributed by atoms with van der Waals surface area (Å²) in [6.07, 6.45) is -1.73. The van der Waals surface area contributed by atoms with E-state index in [1.54, 1.807) is 22.6 Å². The topological polar surface area (TPSA) is 84.3 Å². The molecule has 0 bridgehead atoms. The third kappa shape index (κ3) is 2.43. The van der Waals surface area contributed by atoms with Crippen LogP contribution in [0.25, 0.3) is 0 Å². The van der Waals surface area contributed by atoms with Crippen LogP contribution in [-0.2, 0) is 4.74 Å². The molecule has 2 heterocycles. The van der Waals surface area contributed by atoms with Gasteiger partial charge in [-0.05, 0) is 22.6 Å². The molecule has 3 atom stereocenters. The Morgan fingerprint density at radius 1 is 1.65 bits per heavy atom. The SMILES string of the molecule is O=c1[nH]c(=O)n([C@H]2CC(F)[C@@H](CO)O2)cc1I. The molecule has 0 amide bonds. The van der Waals surface area contributed by atoms with Gasteiger partial charge in [-0.15, -0.1) is 0 Å². The van der Waals surface area contributed by atoms with Crippen molar-refractivity contribution in [2.24, 2.45) is 0 Å². The fraction of sp³-hybridized carbons (Fsp3) is 0.556. The highest BCUT2D eigenvalue weighted by molar-refractivity contribution is 14.1. The summed E-state index contributed by atoms with van der Waals surface area (Å²) in [7, 11) is 0. The number of H-pyrrole nitrogens is 1. The van der Waals surface area contributed by atoms with Crippen LogP contribution in [0, 0.1) is 3.57 Å². The fourth-order valence-electron chi connectivity index (χ4n) is 1.70. The van der Waals surface area contributed by atoms with E-state index in [0.29, 0.717) is 3.57 Å². The van der Waals surface area contributed by atoms with Gasteiger partial charge in [-0.3, -0.25) is 14.3 Å². The van der Waals surface area contributed by atoms with Crippen LogP contribution in [0.2, 0.25) is 0 Å². The van der Waals surface area contributed by atoms with Crippen LogP contribution in [-0.4, -0.2) is 33.5 Å². The van der Waals surface area contributed by atoms with Crippen LogP contribution in [0.15, 0.2) is 15.8 Å². The minimum Gasteiger partial charge on any atom is -0.394 e. The van der Waals surface area contributed by atoms with E-state index >= 15 is 0 Å². The number of hydrogen-bond donors (Lipinski definition) is 2. The van der Waals surface area contributed by atoms with E-state index in [9.17, 15) is 14.0 Å². The van der Waals surface area contributed by atoms with E-state index in [-0.39, 0.29) is 6.42 Å². The van der Waals surface area contributed by atoms with Gasteiger partial charge in [0.15, 0.2) is 0 Å². The number of aromatic amines is 1. The lowest BCUT2D eigenvalue weighted by atomic mass is 10.2. The van der Waals surface area contributed by atoms with E-state index in [1.807, 2.05) is 0 Å². The van der Waals surface area contributed by atoms with Gasteiger partial charge >= 0.3 is 5.69 Å². The van der Waals surface area contributed by atoms with Gasteiger partial charge in [0.1, 0.15) is 18.5 Å². The van der Waals surface area contributed by atoms with Gasteiger partial charge in [-0.2, -0.15) is 0 Å². The van der Waals surface area contributed by atoms with Gasteiger partial charge in [0.2, 0.25) is 0 Å². The molecule has 17 heavy (non-hydrogen) atoms. The van der Waals surface area contributed by atoms with Gasteiger partial charge in [-0.1, -0.05) is 0 Å². The molecule has 1 aromatic heterocycles. The third-order valence-corrected chi connectivity index (χ3v) is 3.35. The first-order valence-electron chi connectivity index (χ1n) is 4.94. The van der Waals surface area contributed by atoms with E-state index in [0.717, 1.165) is 4.57 Å². The minimum atomic E-state index is -1.32. The zero-order valence-electron chi connectivity index (χ0n) is 8.60. The highest BCUT2D eigenvalue weighted by Crippen LogP contribution is 2.29. The number of rotatable bonds is 2. The Kier molecular flexibility index (Phi) is 3.64. The second kappa shape index (κ2) is 4.86. The first kappa shape index (κ1) is 12.7. The Hall–Kier alpha value is -0.740. The van der Waals surface area contributed by atoms with Crippen LogP contribution >= 0.6 is 22.6 Å². The van der Waals surface area contributed by atoms with Crippen LogP contribution in [0.5, 0.6) is 0 Å². The Balaban J connectivity index is 2.34. The summed E-state index contributed by atoms with van der Waals surface area (Å²) >= 11 is 1.77. The van der Waals surface area contributed by atoms with Crippen molar-refractivity contribution in [1.82, 2.24) is 9.55 Å². The number of aliphatic hydroxyl groups excluding tert-OH is 1. The van der Waals surface area contributed by atoms with Crippen molar-refractivity contribution >= 4 is 22.6 Å². The van der Waals surface area contributed by atoms with E-state index in [1.165, 1.54) is 6.20 Å². The average molecular weight is 356 g/mol. The molecule has 0 aromatic carbocycles. The molecule has 6 nitrogen and oxygen atoms in total. The van der Waals surface area contributed by atoms with Crippen molar-refractivity contribution in [1.29, 1.82) is 0 Å². The molecule has 8 heteroatoms. The van der Waals surface area contributed by atoms with Crippen molar-refractivity contribution in [3.8, 4) is 0 Å². The summed E-state index contributed by atoms with van der Waals surface area (Å²) < 4.78 is 20.0. The van der Waals surface area contributed by atoms with E-state index in [2.05, 4.69) is 4.98 Å². The van der Waals surface area contributed by atoms with E-state index < -0.39 is 36.4 Å². The summed E-state index contributed by atoms with van der Waals surface area (Å²) in [5.41, 5.74) is -1.13.